The summed E-state index contributed by atoms with van der Waals surface area (Å²) in [5, 5.41) is 2.72. The molecule has 174 valence electrons. The third-order valence-corrected chi connectivity index (χ3v) is 12.2. The van der Waals surface area contributed by atoms with Crippen LogP contribution in [0.1, 0.15) is 72.1 Å². The Morgan fingerprint density at radius 3 is 2.09 bits per heavy atom. The molecule has 4 heteroatoms. The normalized spacial score (nSPS) is 24.5. The van der Waals surface area contributed by atoms with Crippen molar-refractivity contribution in [2.75, 3.05) is 13.2 Å². The molecule has 3 nitrogen and oxygen atoms in total. The van der Waals surface area contributed by atoms with Crippen molar-refractivity contribution in [2.45, 2.75) is 89.1 Å². The van der Waals surface area contributed by atoms with Crippen LogP contribution in [0.4, 0.5) is 0 Å². The van der Waals surface area contributed by atoms with E-state index in [2.05, 4.69) is 81.4 Å². The molecule has 32 heavy (non-hydrogen) atoms. The number of ether oxygens (including phenoxy) is 2. The average molecular weight is 453 g/mol. The van der Waals surface area contributed by atoms with Crippen molar-refractivity contribution in [2.24, 2.45) is 0 Å². The van der Waals surface area contributed by atoms with Crippen LogP contribution in [0.25, 0.3) is 0 Å². The van der Waals surface area contributed by atoms with E-state index in [1.807, 2.05) is 0 Å². The minimum atomic E-state index is -2.44. The van der Waals surface area contributed by atoms with Gasteiger partial charge in [0.25, 0.3) is 8.32 Å². The summed E-state index contributed by atoms with van der Waals surface area (Å²) < 4.78 is 19.7. The summed E-state index contributed by atoms with van der Waals surface area (Å²) in [5.41, 5.74) is 0. The third kappa shape index (κ3) is 5.04. The summed E-state index contributed by atoms with van der Waals surface area (Å²) in [7, 11) is -2.44. The van der Waals surface area contributed by atoms with Crippen LogP contribution in [0, 0.1) is 0 Å². The molecule has 0 radical (unpaired) electrons. The maximum absolute atomic E-state index is 7.05. The second kappa shape index (κ2) is 10.2. The Balaban J connectivity index is 1.46. The highest BCUT2D eigenvalue weighted by Gasteiger charge is 2.50. The minimum Gasteiger partial charge on any atom is -0.407 e. The molecule has 1 spiro atoms. The Kier molecular flexibility index (Phi) is 7.56. The van der Waals surface area contributed by atoms with E-state index in [0.717, 1.165) is 45.3 Å². The minimum absolute atomic E-state index is 0.0248. The van der Waals surface area contributed by atoms with Gasteiger partial charge in [-0.1, -0.05) is 81.4 Å². The van der Waals surface area contributed by atoms with Crippen LogP contribution in [-0.4, -0.2) is 33.4 Å². The van der Waals surface area contributed by atoms with E-state index in [-0.39, 0.29) is 10.8 Å². The second-order valence-electron chi connectivity index (χ2n) is 10.5. The fraction of sp³-hybridized carbons (Fsp3) is 0.571. The fourth-order valence-electron chi connectivity index (χ4n) is 5.64. The van der Waals surface area contributed by atoms with Gasteiger partial charge in [0.1, 0.15) is 0 Å². The van der Waals surface area contributed by atoms with Gasteiger partial charge in [0, 0.05) is 19.4 Å². The molecule has 0 saturated carbocycles. The lowest BCUT2D eigenvalue weighted by Gasteiger charge is -2.44. The first-order chi connectivity index (χ1) is 15.5. The van der Waals surface area contributed by atoms with Crippen LogP contribution in [0.5, 0.6) is 0 Å². The first-order valence-corrected chi connectivity index (χ1v) is 14.4. The number of hydrogen-bond acceptors (Lipinski definition) is 3. The summed E-state index contributed by atoms with van der Waals surface area (Å²) in [6, 6.07) is 21.8. The van der Waals surface area contributed by atoms with Gasteiger partial charge in [0.05, 0.1) is 12.7 Å². The van der Waals surface area contributed by atoms with Gasteiger partial charge in [-0.25, -0.2) is 0 Å². The molecule has 2 aromatic rings. The van der Waals surface area contributed by atoms with Crippen molar-refractivity contribution in [3.8, 4) is 0 Å². The number of benzene rings is 2. The van der Waals surface area contributed by atoms with Gasteiger partial charge >= 0.3 is 0 Å². The average Bonchev–Trinajstić information content (AvgIpc) is 2.80. The predicted molar refractivity (Wildman–Crippen MR) is 134 cm³/mol. The van der Waals surface area contributed by atoms with Crippen molar-refractivity contribution >= 4 is 18.7 Å². The second-order valence-corrected chi connectivity index (χ2v) is 14.8. The van der Waals surface area contributed by atoms with Gasteiger partial charge < -0.3 is 13.9 Å². The summed E-state index contributed by atoms with van der Waals surface area (Å²) >= 11 is 0. The topological polar surface area (TPSA) is 27.7 Å². The van der Waals surface area contributed by atoms with E-state index < -0.39 is 8.32 Å². The molecule has 0 aliphatic carbocycles. The molecule has 2 fully saturated rings. The van der Waals surface area contributed by atoms with Crippen molar-refractivity contribution in [3.63, 3.8) is 0 Å². The lowest BCUT2D eigenvalue weighted by Crippen LogP contribution is -2.66. The molecular formula is C28H40O3Si. The Bertz CT molecular complexity index is 780. The summed E-state index contributed by atoms with van der Waals surface area (Å²) in [6.45, 7) is 8.64. The molecule has 0 amide bonds. The molecule has 4 rings (SSSR count). The monoisotopic (exact) mass is 452 g/mol. The highest BCUT2D eigenvalue weighted by atomic mass is 28.4. The third-order valence-electron chi connectivity index (χ3n) is 7.19. The van der Waals surface area contributed by atoms with Crippen molar-refractivity contribution in [3.05, 3.63) is 60.7 Å². The van der Waals surface area contributed by atoms with E-state index in [9.17, 15) is 0 Å². The highest BCUT2D eigenvalue weighted by Crippen LogP contribution is 2.39. The van der Waals surface area contributed by atoms with E-state index in [1.165, 1.54) is 29.6 Å². The molecular weight excluding hydrogens is 412 g/mol. The van der Waals surface area contributed by atoms with Crippen LogP contribution in [0.3, 0.4) is 0 Å². The van der Waals surface area contributed by atoms with Crippen molar-refractivity contribution in [1.82, 2.24) is 0 Å². The summed E-state index contributed by atoms with van der Waals surface area (Å²) in [5.74, 6) is -0.292. The quantitative estimate of drug-likeness (QED) is 0.392. The number of rotatable bonds is 7. The van der Waals surface area contributed by atoms with Crippen LogP contribution < -0.4 is 10.4 Å². The maximum atomic E-state index is 7.05. The molecule has 2 atom stereocenters. The molecule has 2 aliphatic rings. The van der Waals surface area contributed by atoms with E-state index >= 15 is 0 Å². The van der Waals surface area contributed by atoms with Gasteiger partial charge in [-0.2, -0.15) is 0 Å². The molecule has 2 saturated heterocycles. The van der Waals surface area contributed by atoms with Gasteiger partial charge in [-0.15, -0.1) is 0 Å². The molecule has 0 unspecified atom stereocenters. The lowest BCUT2D eigenvalue weighted by molar-refractivity contribution is -0.295. The Morgan fingerprint density at radius 2 is 1.53 bits per heavy atom. The Hall–Kier alpha value is -1.46. The van der Waals surface area contributed by atoms with Gasteiger partial charge in [-0.05, 0) is 53.9 Å². The van der Waals surface area contributed by atoms with Gasteiger partial charge in [-0.3, -0.25) is 0 Å². The summed E-state index contributed by atoms with van der Waals surface area (Å²) in [4.78, 5) is 0. The highest BCUT2D eigenvalue weighted by molar-refractivity contribution is 6.99. The Morgan fingerprint density at radius 1 is 0.906 bits per heavy atom. The zero-order valence-electron chi connectivity index (χ0n) is 20.1. The maximum Gasteiger partial charge on any atom is 0.261 e. The largest absolute Gasteiger partial charge is 0.407 e. The molecule has 2 aromatic carbocycles. The van der Waals surface area contributed by atoms with Crippen LogP contribution >= 0.6 is 0 Å². The van der Waals surface area contributed by atoms with E-state index in [1.54, 1.807) is 0 Å². The van der Waals surface area contributed by atoms with Crippen molar-refractivity contribution < 1.29 is 13.9 Å². The Labute approximate surface area is 195 Å². The molecule has 2 aliphatic heterocycles. The van der Waals surface area contributed by atoms with E-state index in [4.69, 9.17) is 13.9 Å². The molecule has 0 N–H and O–H groups in total. The van der Waals surface area contributed by atoms with Crippen LogP contribution in [0.15, 0.2) is 60.7 Å². The molecule has 0 aromatic heterocycles. The zero-order chi connectivity index (χ0) is 22.5. The van der Waals surface area contributed by atoms with Gasteiger partial charge in [0.15, 0.2) is 5.79 Å². The van der Waals surface area contributed by atoms with Gasteiger partial charge in [0.2, 0.25) is 0 Å². The first-order valence-electron chi connectivity index (χ1n) is 12.5. The lowest BCUT2D eigenvalue weighted by atomic mass is 9.93. The van der Waals surface area contributed by atoms with E-state index in [0.29, 0.717) is 6.10 Å². The number of hydrogen-bond donors (Lipinski definition) is 0. The molecule has 0 bridgehead atoms. The summed E-state index contributed by atoms with van der Waals surface area (Å²) in [6.07, 6.45) is 9.22. The van der Waals surface area contributed by atoms with Crippen LogP contribution in [-0.2, 0) is 13.9 Å². The zero-order valence-corrected chi connectivity index (χ0v) is 21.1. The fourth-order valence-corrected chi connectivity index (χ4v) is 10.2. The smallest absolute Gasteiger partial charge is 0.261 e. The SMILES string of the molecule is CC(C)(C)[Si](OCCC[C@@H]1CCC[C@@]2(CCCCO2)O1)(c1ccccc1)c1ccccc1. The predicted octanol–water partition coefficient (Wildman–Crippen LogP) is 5.81. The van der Waals surface area contributed by atoms with Crippen molar-refractivity contribution in [1.29, 1.82) is 0 Å². The first kappa shape index (κ1) is 23.7. The molecule has 2 heterocycles. The van der Waals surface area contributed by atoms with Crippen LogP contribution in [0.2, 0.25) is 5.04 Å². The standard InChI is InChI=1S/C28H40O3Si/c1-27(2,3)32(25-16-6-4-7-17-25,26-18-8-5-9-19-26)30-23-13-15-24-14-12-21-28(31-24)20-10-11-22-29-28/h4-9,16-19,24H,10-15,20-23H2,1-3H3/t24-,28+/m0/s1.